The fourth-order valence-electron chi connectivity index (χ4n) is 1.82. The van der Waals surface area contributed by atoms with Gasteiger partial charge in [0, 0.05) is 0 Å². The molecule has 0 heterocycles. The molecule has 0 aliphatic heterocycles. The molecule has 0 radical (unpaired) electrons. The quantitative estimate of drug-likeness (QED) is 0.799. The topological polar surface area (TPSA) is 88.0 Å². The van der Waals surface area contributed by atoms with Gasteiger partial charge in [0.05, 0.1) is 12.2 Å². The van der Waals surface area contributed by atoms with Gasteiger partial charge in [-0.15, -0.1) is 0 Å². The molecule has 0 amide bonds. The molecule has 0 aliphatic rings. The van der Waals surface area contributed by atoms with Crippen LogP contribution in [0.1, 0.15) is 11.1 Å². The van der Waals surface area contributed by atoms with Crippen molar-refractivity contribution in [1.82, 2.24) is 0 Å². The van der Waals surface area contributed by atoms with E-state index in [9.17, 15) is 4.79 Å². The highest BCUT2D eigenvalue weighted by Gasteiger charge is 2.11. The summed E-state index contributed by atoms with van der Waals surface area (Å²) in [4.78, 5) is 10.7. The number of aliphatic carboxylic acids is 1. The Hall–Kier alpha value is -2.53. The molecule has 0 bridgehead atoms. The van der Waals surface area contributed by atoms with Crippen LogP contribution in [0.15, 0.2) is 64.8 Å². The van der Waals surface area contributed by atoms with Gasteiger partial charge in [0.1, 0.15) is 6.04 Å². The summed E-state index contributed by atoms with van der Waals surface area (Å²) >= 11 is 0. The monoisotopic (exact) mass is 283 g/mol. The fraction of sp³-hybridized carbons (Fsp3) is 0.188. The van der Waals surface area contributed by atoms with Crippen LogP contribution in [0.25, 0.3) is 0 Å². The SMILES string of the molecule is N[C@@H](Cc1ccc(/N=N/Cc2ccccc2)cc1)C(=O)O. The first-order valence-corrected chi connectivity index (χ1v) is 6.64. The second-order valence-corrected chi connectivity index (χ2v) is 4.70. The smallest absolute Gasteiger partial charge is 0.320 e. The highest BCUT2D eigenvalue weighted by atomic mass is 16.4. The van der Waals surface area contributed by atoms with Gasteiger partial charge in [0.2, 0.25) is 0 Å². The molecule has 0 aliphatic carbocycles. The van der Waals surface area contributed by atoms with Crippen molar-refractivity contribution in [3.63, 3.8) is 0 Å². The average Bonchev–Trinajstić information content (AvgIpc) is 2.50. The maximum atomic E-state index is 10.7. The van der Waals surface area contributed by atoms with Crippen LogP contribution in [0.3, 0.4) is 0 Å². The van der Waals surface area contributed by atoms with Gasteiger partial charge < -0.3 is 10.8 Å². The summed E-state index contributed by atoms with van der Waals surface area (Å²) in [6, 6.07) is 16.2. The zero-order chi connectivity index (χ0) is 15.1. The molecule has 0 spiro atoms. The van der Waals surface area contributed by atoms with Gasteiger partial charge in [0.15, 0.2) is 0 Å². The standard InChI is InChI=1S/C16H17N3O2/c17-15(16(20)21)10-12-6-8-14(9-7-12)19-18-11-13-4-2-1-3-5-13/h1-9,15H,10-11,17H2,(H,20,21)/b19-18+/t15-/m0/s1. The Bertz CT molecular complexity index is 609. The van der Waals surface area contributed by atoms with E-state index in [2.05, 4.69) is 10.2 Å². The van der Waals surface area contributed by atoms with Crippen LogP contribution >= 0.6 is 0 Å². The molecular weight excluding hydrogens is 266 g/mol. The Kier molecular flexibility index (Phi) is 5.17. The van der Waals surface area contributed by atoms with Crippen molar-refractivity contribution in [2.45, 2.75) is 19.0 Å². The van der Waals surface area contributed by atoms with Crippen LogP contribution in [0.2, 0.25) is 0 Å². The lowest BCUT2D eigenvalue weighted by Crippen LogP contribution is -2.32. The number of rotatable bonds is 6. The van der Waals surface area contributed by atoms with Crippen LogP contribution < -0.4 is 5.73 Å². The number of carboxylic acid groups (broad SMARTS) is 1. The molecule has 0 fully saturated rings. The van der Waals surface area contributed by atoms with E-state index in [1.54, 1.807) is 12.1 Å². The summed E-state index contributed by atoms with van der Waals surface area (Å²) in [5.41, 5.74) is 8.19. The Labute approximate surface area is 123 Å². The van der Waals surface area contributed by atoms with Gasteiger partial charge in [-0.05, 0) is 29.7 Å². The van der Waals surface area contributed by atoms with E-state index in [-0.39, 0.29) is 0 Å². The van der Waals surface area contributed by atoms with Gasteiger partial charge in [-0.3, -0.25) is 4.79 Å². The van der Waals surface area contributed by atoms with Crippen molar-refractivity contribution >= 4 is 11.7 Å². The molecule has 0 saturated heterocycles. The number of carboxylic acids is 1. The number of hydrogen-bond acceptors (Lipinski definition) is 4. The van der Waals surface area contributed by atoms with E-state index >= 15 is 0 Å². The lowest BCUT2D eigenvalue weighted by molar-refractivity contribution is -0.138. The molecule has 5 heteroatoms. The zero-order valence-electron chi connectivity index (χ0n) is 11.5. The first kappa shape index (κ1) is 14.9. The maximum absolute atomic E-state index is 10.7. The second-order valence-electron chi connectivity index (χ2n) is 4.70. The minimum Gasteiger partial charge on any atom is -0.480 e. The molecule has 2 rings (SSSR count). The molecule has 2 aromatic rings. The maximum Gasteiger partial charge on any atom is 0.320 e. The molecule has 0 aromatic heterocycles. The molecule has 0 saturated carbocycles. The predicted octanol–water partition coefficient (Wildman–Crippen LogP) is 2.92. The van der Waals surface area contributed by atoms with E-state index < -0.39 is 12.0 Å². The normalized spacial score (nSPS) is 12.4. The van der Waals surface area contributed by atoms with E-state index in [4.69, 9.17) is 10.8 Å². The molecular formula is C16H17N3O2. The summed E-state index contributed by atoms with van der Waals surface area (Å²) in [7, 11) is 0. The molecule has 3 N–H and O–H groups in total. The van der Waals surface area contributed by atoms with Gasteiger partial charge in [-0.2, -0.15) is 10.2 Å². The summed E-state index contributed by atoms with van der Waals surface area (Å²) in [6.45, 7) is 0.534. The molecule has 1 atom stereocenters. The van der Waals surface area contributed by atoms with E-state index in [0.29, 0.717) is 13.0 Å². The minimum atomic E-state index is -0.998. The average molecular weight is 283 g/mol. The molecule has 0 unspecified atom stereocenters. The van der Waals surface area contributed by atoms with Crippen molar-refractivity contribution in [1.29, 1.82) is 0 Å². The summed E-state index contributed by atoms with van der Waals surface area (Å²) in [6.07, 6.45) is 0.302. The first-order chi connectivity index (χ1) is 10.1. The van der Waals surface area contributed by atoms with Gasteiger partial charge in [0.25, 0.3) is 0 Å². The van der Waals surface area contributed by atoms with Gasteiger partial charge >= 0.3 is 5.97 Å². The van der Waals surface area contributed by atoms with E-state index in [0.717, 1.165) is 16.8 Å². The lowest BCUT2D eigenvalue weighted by atomic mass is 10.1. The highest BCUT2D eigenvalue weighted by Crippen LogP contribution is 2.15. The second kappa shape index (κ2) is 7.31. The fourth-order valence-corrected chi connectivity index (χ4v) is 1.82. The van der Waals surface area contributed by atoms with Crippen LogP contribution in [0, 0.1) is 0 Å². The first-order valence-electron chi connectivity index (χ1n) is 6.64. The van der Waals surface area contributed by atoms with Crippen molar-refractivity contribution in [2.75, 3.05) is 0 Å². The zero-order valence-corrected chi connectivity index (χ0v) is 11.5. The third-order valence-electron chi connectivity index (χ3n) is 2.99. The molecule has 2 aromatic carbocycles. The van der Waals surface area contributed by atoms with Crippen LogP contribution in [-0.4, -0.2) is 17.1 Å². The molecule has 21 heavy (non-hydrogen) atoms. The predicted molar refractivity (Wildman–Crippen MR) is 80.4 cm³/mol. The Morgan fingerprint density at radius 1 is 1.05 bits per heavy atom. The summed E-state index contributed by atoms with van der Waals surface area (Å²) < 4.78 is 0. The number of benzene rings is 2. The van der Waals surface area contributed by atoms with Crippen LogP contribution in [0.4, 0.5) is 5.69 Å². The van der Waals surface area contributed by atoms with Crippen molar-refractivity contribution < 1.29 is 9.90 Å². The third kappa shape index (κ3) is 4.81. The summed E-state index contributed by atoms with van der Waals surface area (Å²) in [5, 5.41) is 17.0. The number of nitrogens with two attached hydrogens (primary N) is 1. The van der Waals surface area contributed by atoms with Gasteiger partial charge in [-0.1, -0.05) is 42.5 Å². The van der Waals surface area contributed by atoms with Crippen molar-refractivity contribution in [3.8, 4) is 0 Å². The largest absolute Gasteiger partial charge is 0.480 e. The highest BCUT2D eigenvalue weighted by molar-refractivity contribution is 5.73. The summed E-state index contributed by atoms with van der Waals surface area (Å²) in [5.74, 6) is -0.998. The van der Waals surface area contributed by atoms with E-state index in [1.165, 1.54) is 0 Å². The van der Waals surface area contributed by atoms with Gasteiger partial charge in [-0.25, -0.2) is 0 Å². The lowest BCUT2D eigenvalue weighted by Gasteiger charge is -2.05. The van der Waals surface area contributed by atoms with Crippen molar-refractivity contribution in [2.24, 2.45) is 16.0 Å². The minimum absolute atomic E-state index is 0.302. The number of azo groups is 1. The third-order valence-corrected chi connectivity index (χ3v) is 2.99. The number of carbonyl (C=O) groups is 1. The van der Waals surface area contributed by atoms with Crippen LogP contribution in [-0.2, 0) is 17.8 Å². The Morgan fingerprint density at radius 2 is 1.71 bits per heavy atom. The number of nitrogens with zero attached hydrogens (tertiary/aromatic N) is 2. The number of hydrogen-bond donors (Lipinski definition) is 2. The molecule has 108 valence electrons. The Morgan fingerprint density at radius 3 is 2.33 bits per heavy atom. The Balaban J connectivity index is 1.91. The van der Waals surface area contributed by atoms with Crippen LogP contribution in [0.5, 0.6) is 0 Å². The van der Waals surface area contributed by atoms with E-state index in [1.807, 2.05) is 42.5 Å². The molecule has 5 nitrogen and oxygen atoms in total. The van der Waals surface area contributed by atoms with Crippen molar-refractivity contribution in [3.05, 3.63) is 65.7 Å².